The van der Waals surface area contributed by atoms with Crippen LogP contribution in [0.1, 0.15) is 11.3 Å². The molecule has 5 nitrogen and oxygen atoms in total. The summed E-state index contributed by atoms with van der Waals surface area (Å²) in [6.07, 6.45) is 0. The van der Waals surface area contributed by atoms with Crippen molar-refractivity contribution in [2.45, 2.75) is 6.92 Å². The molecule has 0 atom stereocenters. The molecule has 0 amide bonds. The molecule has 0 aliphatic carbocycles. The molecule has 0 unspecified atom stereocenters. The van der Waals surface area contributed by atoms with Gasteiger partial charge in [-0.1, -0.05) is 17.7 Å². The van der Waals surface area contributed by atoms with Crippen LogP contribution in [0.2, 0.25) is 0 Å². The molecule has 0 fully saturated rings. The van der Waals surface area contributed by atoms with Gasteiger partial charge >= 0.3 is 0 Å². The normalized spacial score (nSPS) is 9.85. The van der Waals surface area contributed by atoms with Gasteiger partial charge in [0.05, 0.1) is 6.54 Å². The first-order chi connectivity index (χ1) is 9.69. The fourth-order valence-electron chi connectivity index (χ4n) is 1.64. The van der Waals surface area contributed by atoms with Crippen molar-refractivity contribution in [1.82, 2.24) is 10.2 Å². The minimum atomic E-state index is 0.318. The second kappa shape index (κ2) is 6.53. The molecule has 0 saturated carbocycles. The van der Waals surface area contributed by atoms with E-state index in [2.05, 4.69) is 10.2 Å². The molecule has 0 N–H and O–H groups in total. The molecule has 0 spiro atoms. The summed E-state index contributed by atoms with van der Waals surface area (Å²) in [4.78, 5) is 1.93. The van der Waals surface area contributed by atoms with Crippen molar-refractivity contribution in [3.05, 3.63) is 47.7 Å². The van der Waals surface area contributed by atoms with Gasteiger partial charge in [0.15, 0.2) is 11.5 Å². The minimum absolute atomic E-state index is 0.318. The van der Waals surface area contributed by atoms with Gasteiger partial charge in [-0.15, -0.1) is 10.2 Å². The Hall–Kier alpha value is -2.61. The minimum Gasteiger partial charge on any atom is -0.492 e. The highest BCUT2D eigenvalue weighted by Crippen LogP contribution is 2.12. The van der Waals surface area contributed by atoms with Crippen molar-refractivity contribution < 1.29 is 4.74 Å². The molecular formula is C15H16N4O. The monoisotopic (exact) mass is 268 g/mol. The Balaban J connectivity index is 1.84. The van der Waals surface area contributed by atoms with Crippen LogP contribution in [0, 0.1) is 18.3 Å². The average molecular weight is 268 g/mol. The molecule has 0 radical (unpaired) electrons. The number of nitriles is 1. The van der Waals surface area contributed by atoms with Crippen molar-refractivity contribution in [1.29, 1.82) is 5.26 Å². The summed E-state index contributed by atoms with van der Waals surface area (Å²) < 4.78 is 5.66. The van der Waals surface area contributed by atoms with Gasteiger partial charge in [-0.2, -0.15) is 5.26 Å². The summed E-state index contributed by atoms with van der Waals surface area (Å²) in [6.45, 7) is 3.29. The lowest BCUT2D eigenvalue weighted by Crippen LogP contribution is -2.24. The van der Waals surface area contributed by atoms with Gasteiger partial charge in [-0.3, -0.25) is 0 Å². The summed E-state index contributed by atoms with van der Waals surface area (Å²) in [5.41, 5.74) is 1.53. The third-order valence-corrected chi connectivity index (χ3v) is 2.87. The van der Waals surface area contributed by atoms with Gasteiger partial charge in [0.2, 0.25) is 0 Å². The number of hydrogen-bond acceptors (Lipinski definition) is 5. The Morgan fingerprint density at radius 3 is 2.50 bits per heavy atom. The second-order valence-electron chi connectivity index (χ2n) is 4.47. The Morgan fingerprint density at radius 1 is 1.15 bits per heavy atom. The average Bonchev–Trinajstić information content (AvgIpc) is 2.49. The zero-order valence-corrected chi connectivity index (χ0v) is 11.6. The van der Waals surface area contributed by atoms with E-state index in [1.807, 2.05) is 49.2 Å². The van der Waals surface area contributed by atoms with Gasteiger partial charge in [-0.25, -0.2) is 0 Å². The van der Waals surface area contributed by atoms with Crippen LogP contribution in [0.5, 0.6) is 5.75 Å². The quantitative estimate of drug-likeness (QED) is 0.831. The van der Waals surface area contributed by atoms with E-state index >= 15 is 0 Å². The van der Waals surface area contributed by atoms with Crippen LogP contribution in [0.25, 0.3) is 0 Å². The van der Waals surface area contributed by atoms with Crippen molar-refractivity contribution >= 4 is 5.82 Å². The van der Waals surface area contributed by atoms with Crippen LogP contribution in [0.3, 0.4) is 0 Å². The summed E-state index contributed by atoms with van der Waals surface area (Å²) in [7, 11) is 1.91. The zero-order valence-electron chi connectivity index (χ0n) is 11.6. The highest BCUT2D eigenvalue weighted by Gasteiger charge is 2.04. The van der Waals surface area contributed by atoms with Crippen LogP contribution < -0.4 is 9.64 Å². The Morgan fingerprint density at radius 2 is 1.90 bits per heavy atom. The van der Waals surface area contributed by atoms with E-state index in [1.54, 1.807) is 12.1 Å². The number of hydrogen-bond donors (Lipinski definition) is 0. The van der Waals surface area contributed by atoms with E-state index in [0.29, 0.717) is 18.8 Å². The van der Waals surface area contributed by atoms with Crippen molar-refractivity contribution in [3.63, 3.8) is 0 Å². The van der Waals surface area contributed by atoms with E-state index in [1.165, 1.54) is 5.56 Å². The van der Waals surface area contributed by atoms with Gasteiger partial charge in [0.1, 0.15) is 18.4 Å². The van der Waals surface area contributed by atoms with E-state index in [9.17, 15) is 0 Å². The van der Waals surface area contributed by atoms with Gasteiger partial charge in [-0.05, 0) is 31.2 Å². The molecule has 102 valence electrons. The number of rotatable bonds is 5. The maximum atomic E-state index is 8.67. The first-order valence-electron chi connectivity index (χ1n) is 6.33. The topological polar surface area (TPSA) is 62.0 Å². The molecule has 0 saturated heterocycles. The number of aromatic nitrogens is 2. The molecule has 20 heavy (non-hydrogen) atoms. The predicted molar refractivity (Wildman–Crippen MR) is 76.7 cm³/mol. The fraction of sp³-hybridized carbons (Fsp3) is 0.267. The maximum absolute atomic E-state index is 8.67. The molecule has 1 aromatic carbocycles. The molecule has 1 heterocycles. The van der Waals surface area contributed by atoms with Crippen LogP contribution in [0.4, 0.5) is 5.82 Å². The summed E-state index contributed by atoms with van der Waals surface area (Å²) in [5, 5.41) is 16.5. The molecular weight excluding hydrogens is 252 g/mol. The van der Waals surface area contributed by atoms with E-state index in [4.69, 9.17) is 10.00 Å². The van der Waals surface area contributed by atoms with Crippen molar-refractivity contribution in [2.75, 3.05) is 25.1 Å². The highest BCUT2D eigenvalue weighted by molar-refractivity contribution is 5.37. The van der Waals surface area contributed by atoms with Crippen molar-refractivity contribution in [2.24, 2.45) is 0 Å². The zero-order chi connectivity index (χ0) is 14.4. The summed E-state index contributed by atoms with van der Waals surface area (Å²) in [5.74, 6) is 1.58. The SMILES string of the molecule is Cc1ccc(OCCN(C)c2ccc(C#N)nn2)cc1. The van der Waals surface area contributed by atoms with Crippen LogP contribution in [-0.4, -0.2) is 30.4 Å². The summed E-state index contributed by atoms with van der Waals surface area (Å²) >= 11 is 0. The summed E-state index contributed by atoms with van der Waals surface area (Å²) in [6, 6.07) is 13.3. The lowest BCUT2D eigenvalue weighted by atomic mass is 10.2. The first-order valence-corrected chi connectivity index (χ1v) is 6.33. The fourth-order valence-corrected chi connectivity index (χ4v) is 1.64. The molecule has 2 aromatic rings. The lowest BCUT2D eigenvalue weighted by molar-refractivity contribution is 0.325. The maximum Gasteiger partial charge on any atom is 0.163 e. The van der Waals surface area contributed by atoms with Gasteiger partial charge in [0.25, 0.3) is 0 Å². The van der Waals surface area contributed by atoms with E-state index < -0.39 is 0 Å². The molecule has 1 aromatic heterocycles. The van der Waals surface area contributed by atoms with Gasteiger partial charge in [0, 0.05) is 7.05 Å². The van der Waals surface area contributed by atoms with E-state index in [-0.39, 0.29) is 0 Å². The molecule has 0 aliphatic rings. The second-order valence-corrected chi connectivity index (χ2v) is 4.47. The number of aryl methyl sites for hydroxylation is 1. The number of nitrogens with zero attached hydrogens (tertiary/aromatic N) is 4. The molecule has 0 aliphatic heterocycles. The number of benzene rings is 1. The standard InChI is InChI=1S/C15H16N4O/c1-12-3-6-14(7-4-12)20-10-9-19(2)15-8-5-13(11-16)17-18-15/h3-8H,9-10H2,1-2H3. The number of likely N-dealkylation sites (N-methyl/N-ethyl adjacent to an activating group) is 1. The predicted octanol–water partition coefficient (Wildman–Crippen LogP) is 2.17. The number of anilines is 1. The molecule has 0 bridgehead atoms. The van der Waals surface area contributed by atoms with Gasteiger partial charge < -0.3 is 9.64 Å². The van der Waals surface area contributed by atoms with E-state index in [0.717, 1.165) is 11.6 Å². The smallest absolute Gasteiger partial charge is 0.163 e. The Bertz CT molecular complexity index is 587. The third kappa shape index (κ3) is 3.69. The van der Waals surface area contributed by atoms with Crippen LogP contribution in [0.15, 0.2) is 36.4 Å². The third-order valence-electron chi connectivity index (χ3n) is 2.87. The number of ether oxygens (including phenoxy) is 1. The Kier molecular flexibility index (Phi) is 4.51. The largest absolute Gasteiger partial charge is 0.492 e. The highest BCUT2D eigenvalue weighted by atomic mass is 16.5. The van der Waals surface area contributed by atoms with Crippen molar-refractivity contribution in [3.8, 4) is 11.8 Å². The first kappa shape index (κ1) is 13.8. The molecule has 5 heteroatoms. The Labute approximate surface area is 118 Å². The van der Waals surface area contributed by atoms with Crippen LogP contribution >= 0.6 is 0 Å². The molecule has 2 rings (SSSR count). The lowest BCUT2D eigenvalue weighted by Gasteiger charge is -2.17. The van der Waals surface area contributed by atoms with Crippen LogP contribution in [-0.2, 0) is 0 Å².